The van der Waals surface area contributed by atoms with Gasteiger partial charge >= 0.3 is 5.97 Å². The van der Waals surface area contributed by atoms with Crippen LogP contribution in [0.2, 0.25) is 0 Å². The highest BCUT2D eigenvalue weighted by Crippen LogP contribution is 2.28. The number of carboxylic acid groups (broad SMARTS) is 1. The van der Waals surface area contributed by atoms with Gasteiger partial charge in [0, 0.05) is 12.1 Å². The van der Waals surface area contributed by atoms with Gasteiger partial charge in [0.1, 0.15) is 5.75 Å². The summed E-state index contributed by atoms with van der Waals surface area (Å²) in [7, 11) is 0. The Morgan fingerprint density at radius 1 is 1.33 bits per heavy atom. The summed E-state index contributed by atoms with van der Waals surface area (Å²) in [6.07, 6.45) is 1.48. The highest BCUT2D eigenvalue weighted by atomic mass is 16.5. The first-order chi connectivity index (χ1) is 10.0. The van der Waals surface area contributed by atoms with Gasteiger partial charge in [0.15, 0.2) is 0 Å². The van der Waals surface area contributed by atoms with Crippen molar-refractivity contribution < 1.29 is 14.6 Å². The van der Waals surface area contributed by atoms with E-state index in [4.69, 9.17) is 9.84 Å². The second kappa shape index (κ2) is 6.94. The topological polar surface area (TPSA) is 49.8 Å². The number of carboxylic acids is 1. The summed E-state index contributed by atoms with van der Waals surface area (Å²) in [5, 5.41) is 9.06. The van der Waals surface area contributed by atoms with Crippen molar-refractivity contribution in [3.63, 3.8) is 0 Å². The first-order valence-electron chi connectivity index (χ1n) is 7.69. The Morgan fingerprint density at radius 3 is 2.57 bits per heavy atom. The van der Waals surface area contributed by atoms with Crippen molar-refractivity contribution in [3.8, 4) is 5.75 Å². The molecule has 1 aliphatic rings. The molecule has 1 aliphatic heterocycles. The van der Waals surface area contributed by atoms with Crippen molar-refractivity contribution in [2.45, 2.75) is 40.2 Å². The minimum atomic E-state index is -0.656. The van der Waals surface area contributed by atoms with Gasteiger partial charge in [0.25, 0.3) is 0 Å². The fourth-order valence-electron chi connectivity index (χ4n) is 3.01. The number of aryl methyl sites for hydroxylation is 2. The van der Waals surface area contributed by atoms with Crippen molar-refractivity contribution in [1.82, 2.24) is 4.90 Å². The van der Waals surface area contributed by atoms with E-state index in [2.05, 4.69) is 30.9 Å². The molecule has 1 aromatic rings. The fourth-order valence-corrected chi connectivity index (χ4v) is 3.01. The SMILES string of the molecule is CCOc1cc(C)cc(C)c1CN1CCC(C(=O)O)CC1. The summed E-state index contributed by atoms with van der Waals surface area (Å²) in [5.41, 5.74) is 3.69. The van der Waals surface area contributed by atoms with Crippen LogP contribution in [0.25, 0.3) is 0 Å². The second-order valence-electron chi connectivity index (χ2n) is 5.88. The number of likely N-dealkylation sites (tertiary alicyclic amines) is 1. The number of piperidine rings is 1. The van der Waals surface area contributed by atoms with Crippen LogP contribution in [0.1, 0.15) is 36.5 Å². The molecule has 0 aliphatic carbocycles. The normalized spacial score (nSPS) is 16.9. The van der Waals surface area contributed by atoms with Crippen LogP contribution in [0.15, 0.2) is 12.1 Å². The average Bonchev–Trinajstić information content (AvgIpc) is 2.43. The Morgan fingerprint density at radius 2 is 2.00 bits per heavy atom. The maximum atomic E-state index is 11.0. The maximum Gasteiger partial charge on any atom is 0.306 e. The first kappa shape index (κ1) is 15.8. The van der Waals surface area contributed by atoms with Gasteiger partial charge in [-0.3, -0.25) is 9.69 Å². The quantitative estimate of drug-likeness (QED) is 0.906. The lowest BCUT2D eigenvalue weighted by Crippen LogP contribution is -2.36. The van der Waals surface area contributed by atoms with Gasteiger partial charge < -0.3 is 9.84 Å². The van der Waals surface area contributed by atoms with E-state index in [9.17, 15) is 4.79 Å². The smallest absolute Gasteiger partial charge is 0.306 e. The molecule has 1 N–H and O–H groups in total. The second-order valence-corrected chi connectivity index (χ2v) is 5.88. The molecule has 0 radical (unpaired) electrons. The van der Waals surface area contributed by atoms with E-state index < -0.39 is 5.97 Å². The van der Waals surface area contributed by atoms with Gasteiger partial charge in [-0.2, -0.15) is 0 Å². The van der Waals surface area contributed by atoms with E-state index in [-0.39, 0.29) is 5.92 Å². The van der Waals surface area contributed by atoms with Gasteiger partial charge in [-0.25, -0.2) is 0 Å². The minimum Gasteiger partial charge on any atom is -0.494 e. The molecule has 2 rings (SSSR count). The van der Waals surface area contributed by atoms with Crippen molar-refractivity contribution in [1.29, 1.82) is 0 Å². The van der Waals surface area contributed by atoms with Crippen LogP contribution in [-0.2, 0) is 11.3 Å². The standard InChI is InChI=1S/C17H25NO3/c1-4-21-16-10-12(2)9-13(3)15(16)11-18-7-5-14(6-8-18)17(19)20/h9-10,14H,4-8,11H2,1-3H3,(H,19,20). The lowest BCUT2D eigenvalue weighted by molar-refractivity contribution is -0.143. The Labute approximate surface area is 126 Å². The molecule has 1 aromatic carbocycles. The van der Waals surface area contributed by atoms with Crippen molar-refractivity contribution in [2.24, 2.45) is 5.92 Å². The van der Waals surface area contributed by atoms with Crippen LogP contribution in [0.3, 0.4) is 0 Å². The third-order valence-corrected chi connectivity index (χ3v) is 4.19. The molecule has 0 spiro atoms. The Hall–Kier alpha value is -1.55. The number of rotatable bonds is 5. The summed E-state index contributed by atoms with van der Waals surface area (Å²) < 4.78 is 5.78. The largest absolute Gasteiger partial charge is 0.494 e. The van der Waals surface area contributed by atoms with Crippen molar-refractivity contribution in [2.75, 3.05) is 19.7 Å². The van der Waals surface area contributed by atoms with Gasteiger partial charge in [0.2, 0.25) is 0 Å². The van der Waals surface area contributed by atoms with E-state index in [0.717, 1.165) is 38.2 Å². The van der Waals surface area contributed by atoms with Gasteiger partial charge in [-0.1, -0.05) is 6.07 Å². The number of hydrogen-bond acceptors (Lipinski definition) is 3. The van der Waals surface area contributed by atoms with Gasteiger partial charge in [0.05, 0.1) is 12.5 Å². The predicted molar refractivity (Wildman–Crippen MR) is 82.7 cm³/mol. The molecule has 0 bridgehead atoms. The highest BCUT2D eigenvalue weighted by Gasteiger charge is 2.25. The third kappa shape index (κ3) is 3.97. The Bertz CT molecular complexity index is 505. The summed E-state index contributed by atoms with van der Waals surface area (Å²) in [6.45, 7) is 9.39. The van der Waals surface area contributed by atoms with E-state index >= 15 is 0 Å². The minimum absolute atomic E-state index is 0.174. The third-order valence-electron chi connectivity index (χ3n) is 4.19. The predicted octanol–water partition coefficient (Wildman–Crippen LogP) is 3.00. The van der Waals surface area contributed by atoms with E-state index in [1.165, 1.54) is 16.7 Å². The number of nitrogens with zero attached hydrogens (tertiary/aromatic N) is 1. The lowest BCUT2D eigenvalue weighted by Gasteiger charge is -2.31. The van der Waals surface area contributed by atoms with Crippen LogP contribution >= 0.6 is 0 Å². The number of benzene rings is 1. The summed E-state index contributed by atoms with van der Waals surface area (Å²) >= 11 is 0. The molecule has 0 amide bonds. The molecule has 1 heterocycles. The summed E-state index contributed by atoms with van der Waals surface area (Å²) in [5.74, 6) is 0.137. The van der Waals surface area contributed by atoms with Gasteiger partial charge in [-0.15, -0.1) is 0 Å². The maximum absolute atomic E-state index is 11.0. The molecule has 0 aromatic heterocycles. The summed E-state index contributed by atoms with van der Waals surface area (Å²) in [4.78, 5) is 13.3. The molecule has 4 heteroatoms. The highest BCUT2D eigenvalue weighted by molar-refractivity contribution is 5.70. The molecular weight excluding hydrogens is 266 g/mol. The molecule has 1 fully saturated rings. The molecule has 1 saturated heterocycles. The van der Waals surface area contributed by atoms with E-state index in [1.54, 1.807) is 0 Å². The van der Waals surface area contributed by atoms with Crippen molar-refractivity contribution in [3.05, 3.63) is 28.8 Å². The number of carbonyl (C=O) groups is 1. The molecule has 4 nitrogen and oxygen atoms in total. The first-order valence-corrected chi connectivity index (χ1v) is 7.69. The molecule has 0 atom stereocenters. The molecule has 0 unspecified atom stereocenters. The van der Waals surface area contributed by atoms with Crippen LogP contribution in [0, 0.1) is 19.8 Å². The lowest BCUT2D eigenvalue weighted by atomic mass is 9.96. The van der Waals surface area contributed by atoms with E-state index in [0.29, 0.717) is 6.61 Å². The van der Waals surface area contributed by atoms with Crippen LogP contribution < -0.4 is 4.74 Å². The Balaban J connectivity index is 2.08. The number of aliphatic carboxylic acids is 1. The number of ether oxygens (including phenoxy) is 1. The fraction of sp³-hybridized carbons (Fsp3) is 0.588. The molecular formula is C17H25NO3. The zero-order chi connectivity index (χ0) is 15.4. The monoisotopic (exact) mass is 291 g/mol. The molecule has 116 valence electrons. The zero-order valence-corrected chi connectivity index (χ0v) is 13.2. The summed E-state index contributed by atoms with van der Waals surface area (Å²) in [6, 6.07) is 4.28. The van der Waals surface area contributed by atoms with E-state index in [1.807, 2.05) is 6.92 Å². The van der Waals surface area contributed by atoms with Crippen molar-refractivity contribution >= 4 is 5.97 Å². The Kier molecular flexibility index (Phi) is 5.23. The van der Waals surface area contributed by atoms with Crippen LogP contribution in [-0.4, -0.2) is 35.7 Å². The molecule has 21 heavy (non-hydrogen) atoms. The number of hydrogen-bond donors (Lipinski definition) is 1. The van der Waals surface area contributed by atoms with Crippen LogP contribution in [0.4, 0.5) is 0 Å². The van der Waals surface area contributed by atoms with Crippen LogP contribution in [0.5, 0.6) is 5.75 Å². The molecule has 0 saturated carbocycles. The zero-order valence-electron chi connectivity index (χ0n) is 13.2. The average molecular weight is 291 g/mol. The van der Waals surface area contributed by atoms with Gasteiger partial charge in [-0.05, 0) is 63.9 Å².